The largest absolute Gasteiger partial charge is 0.497 e. The van der Waals surface area contributed by atoms with Crippen molar-refractivity contribution in [2.45, 2.75) is 24.6 Å². The zero-order valence-electron chi connectivity index (χ0n) is 18.7. The Morgan fingerprint density at radius 2 is 1.69 bits per heavy atom. The molecule has 7 nitrogen and oxygen atoms in total. The molecule has 2 saturated heterocycles. The molecule has 2 aromatic carbocycles. The monoisotopic (exact) mass is 455 g/mol. The number of aryl methyl sites for hydroxylation is 1. The zero-order chi connectivity index (χ0) is 22.7. The van der Waals surface area contributed by atoms with E-state index in [0.29, 0.717) is 30.3 Å². The van der Waals surface area contributed by atoms with Crippen LogP contribution in [0.15, 0.2) is 42.5 Å². The summed E-state index contributed by atoms with van der Waals surface area (Å²) in [4.78, 5) is 29.7. The fourth-order valence-electron chi connectivity index (χ4n) is 4.38. The number of carbonyl (C=O) groups is 2. The molecule has 0 aromatic heterocycles. The number of urea groups is 1. The van der Waals surface area contributed by atoms with Gasteiger partial charge in [-0.2, -0.15) is 0 Å². The van der Waals surface area contributed by atoms with Crippen molar-refractivity contribution in [3.05, 3.63) is 53.6 Å². The zero-order valence-corrected chi connectivity index (χ0v) is 19.5. The first kappa shape index (κ1) is 22.3. The molecule has 2 aliphatic heterocycles. The Kier molecular flexibility index (Phi) is 6.50. The Morgan fingerprint density at radius 3 is 2.31 bits per heavy atom. The van der Waals surface area contributed by atoms with E-state index in [1.807, 2.05) is 52.8 Å². The van der Waals surface area contributed by atoms with Gasteiger partial charge in [0, 0.05) is 54.8 Å². The van der Waals surface area contributed by atoms with Gasteiger partial charge in [0.25, 0.3) is 5.91 Å². The van der Waals surface area contributed by atoms with Gasteiger partial charge in [-0.05, 0) is 31.9 Å². The minimum atomic E-state index is -0.239. The molecule has 0 saturated carbocycles. The molecule has 170 valence electrons. The van der Waals surface area contributed by atoms with Crippen molar-refractivity contribution in [1.29, 1.82) is 0 Å². The average molecular weight is 456 g/mol. The van der Waals surface area contributed by atoms with E-state index in [0.717, 1.165) is 36.3 Å². The van der Waals surface area contributed by atoms with Crippen molar-refractivity contribution >= 4 is 29.4 Å². The number of methoxy groups -OCH3 is 2. The Balaban J connectivity index is 1.42. The second-order valence-electron chi connectivity index (χ2n) is 8.14. The molecule has 2 fully saturated rings. The number of rotatable bonds is 4. The average Bonchev–Trinajstić information content (AvgIpc) is 3.21. The van der Waals surface area contributed by atoms with E-state index in [-0.39, 0.29) is 16.8 Å². The van der Waals surface area contributed by atoms with Gasteiger partial charge in [0.05, 0.1) is 19.1 Å². The van der Waals surface area contributed by atoms with Crippen molar-refractivity contribution < 1.29 is 19.1 Å². The Hall–Kier alpha value is -2.87. The number of amides is 3. The fourth-order valence-corrected chi connectivity index (χ4v) is 5.84. The Morgan fingerprint density at radius 1 is 1.00 bits per heavy atom. The van der Waals surface area contributed by atoms with Crippen LogP contribution in [0.2, 0.25) is 0 Å². The van der Waals surface area contributed by atoms with Gasteiger partial charge >= 0.3 is 6.03 Å². The van der Waals surface area contributed by atoms with Crippen LogP contribution in [0.25, 0.3) is 0 Å². The number of piperidine rings is 1. The van der Waals surface area contributed by atoms with Crippen molar-refractivity contribution in [3.8, 4) is 11.5 Å². The van der Waals surface area contributed by atoms with Gasteiger partial charge < -0.3 is 24.6 Å². The smallest absolute Gasteiger partial charge is 0.321 e. The normalized spacial score (nSPS) is 17.3. The second-order valence-corrected chi connectivity index (χ2v) is 9.60. The highest BCUT2D eigenvalue weighted by molar-refractivity contribution is 8.00. The lowest BCUT2D eigenvalue weighted by Crippen LogP contribution is -2.54. The van der Waals surface area contributed by atoms with Crippen molar-refractivity contribution in [3.63, 3.8) is 0 Å². The molecule has 4 rings (SSSR count). The topological polar surface area (TPSA) is 71.1 Å². The number of nitrogens with one attached hydrogen (secondary N) is 1. The predicted octanol–water partition coefficient (Wildman–Crippen LogP) is 4.23. The summed E-state index contributed by atoms with van der Waals surface area (Å²) in [5.41, 5.74) is 2.44. The van der Waals surface area contributed by atoms with Crippen LogP contribution in [0.1, 0.15) is 28.8 Å². The molecule has 2 aliphatic rings. The van der Waals surface area contributed by atoms with E-state index in [9.17, 15) is 9.59 Å². The van der Waals surface area contributed by atoms with E-state index < -0.39 is 0 Å². The third-order valence-electron chi connectivity index (χ3n) is 6.12. The quantitative estimate of drug-likeness (QED) is 0.747. The van der Waals surface area contributed by atoms with Crippen LogP contribution in [0.3, 0.4) is 0 Å². The molecule has 2 heterocycles. The summed E-state index contributed by atoms with van der Waals surface area (Å²) in [5.74, 6) is 2.24. The minimum absolute atomic E-state index is 0.0834. The van der Waals surface area contributed by atoms with Crippen LogP contribution < -0.4 is 14.8 Å². The standard InChI is InChI=1S/C24H29N3O4S/c1-17-5-4-6-18(13-17)22(28)27-11-12-32-24(27)7-9-26(10-8-24)23(29)25-19-14-20(30-2)16-21(15-19)31-3/h4-6,13-16H,7-12H2,1-3H3,(H,25,29). The molecule has 8 heteroatoms. The highest BCUT2D eigenvalue weighted by atomic mass is 32.2. The van der Waals surface area contributed by atoms with E-state index in [1.54, 1.807) is 32.4 Å². The highest BCUT2D eigenvalue weighted by Crippen LogP contribution is 2.44. The van der Waals surface area contributed by atoms with Crippen LogP contribution in [-0.4, -0.2) is 66.2 Å². The number of nitrogens with zero attached hydrogens (tertiary/aromatic N) is 2. The van der Waals surface area contributed by atoms with Crippen LogP contribution in [0.4, 0.5) is 10.5 Å². The van der Waals surface area contributed by atoms with Crippen molar-refractivity contribution in [1.82, 2.24) is 9.80 Å². The van der Waals surface area contributed by atoms with Gasteiger partial charge in [-0.25, -0.2) is 4.79 Å². The number of likely N-dealkylation sites (tertiary alicyclic amines) is 1. The number of hydrogen-bond acceptors (Lipinski definition) is 5. The molecule has 1 N–H and O–H groups in total. The van der Waals surface area contributed by atoms with Crippen LogP contribution in [-0.2, 0) is 0 Å². The predicted molar refractivity (Wildman–Crippen MR) is 127 cm³/mol. The fraction of sp³-hybridized carbons (Fsp3) is 0.417. The molecule has 2 aromatic rings. The molecule has 1 spiro atoms. The third-order valence-corrected chi connectivity index (χ3v) is 7.68. The second kappa shape index (κ2) is 9.32. The van der Waals surface area contributed by atoms with E-state index >= 15 is 0 Å². The highest BCUT2D eigenvalue weighted by Gasteiger charge is 2.47. The van der Waals surface area contributed by atoms with Crippen LogP contribution in [0.5, 0.6) is 11.5 Å². The third kappa shape index (κ3) is 4.50. The first-order chi connectivity index (χ1) is 15.4. The number of thioether (sulfide) groups is 1. The summed E-state index contributed by atoms with van der Waals surface area (Å²) in [6, 6.07) is 12.9. The lowest BCUT2D eigenvalue weighted by atomic mass is 10.0. The summed E-state index contributed by atoms with van der Waals surface area (Å²) < 4.78 is 10.6. The Labute approximate surface area is 193 Å². The maximum absolute atomic E-state index is 13.2. The summed E-state index contributed by atoms with van der Waals surface area (Å²) >= 11 is 1.84. The molecule has 32 heavy (non-hydrogen) atoms. The number of anilines is 1. The van der Waals surface area contributed by atoms with Gasteiger partial charge in [-0.3, -0.25) is 4.79 Å². The summed E-state index contributed by atoms with van der Waals surface area (Å²) in [6.45, 7) is 3.93. The molecule has 3 amide bonds. The first-order valence-corrected chi connectivity index (χ1v) is 11.7. The SMILES string of the molecule is COc1cc(NC(=O)N2CCC3(CC2)SCCN3C(=O)c2cccc(C)c2)cc(OC)c1. The molecule has 0 bridgehead atoms. The maximum atomic E-state index is 13.2. The van der Waals surface area contributed by atoms with E-state index in [1.165, 1.54) is 0 Å². The van der Waals surface area contributed by atoms with Crippen molar-refractivity contribution in [2.75, 3.05) is 44.9 Å². The lowest BCUT2D eigenvalue weighted by Gasteiger charge is -2.44. The summed E-state index contributed by atoms with van der Waals surface area (Å²) in [5, 5.41) is 2.95. The van der Waals surface area contributed by atoms with Crippen molar-refractivity contribution in [2.24, 2.45) is 0 Å². The molecular formula is C24H29N3O4S. The lowest BCUT2D eigenvalue weighted by molar-refractivity contribution is 0.0585. The minimum Gasteiger partial charge on any atom is -0.497 e. The number of hydrogen-bond donors (Lipinski definition) is 1. The Bertz CT molecular complexity index is 982. The summed E-state index contributed by atoms with van der Waals surface area (Å²) in [6.07, 6.45) is 1.51. The van der Waals surface area contributed by atoms with Crippen LogP contribution >= 0.6 is 11.8 Å². The van der Waals surface area contributed by atoms with Gasteiger partial charge in [0.1, 0.15) is 11.5 Å². The number of ether oxygens (including phenoxy) is 2. The van der Waals surface area contributed by atoms with E-state index in [4.69, 9.17) is 9.47 Å². The molecule has 0 radical (unpaired) electrons. The first-order valence-electron chi connectivity index (χ1n) is 10.8. The maximum Gasteiger partial charge on any atom is 0.321 e. The van der Waals surface area contributed by atoms with Crippen LogP contribution in [0, 0.1) is 6.92 Å². The molecule has 0 atom stereocenters. The number of benzene rings is 2. The summed E-state index contributed by atoms with van der Waals surface area (Å²) in [7, 11) is 3.15. The van der Waals surface area contributed by atoms with Gasteiger partial charge in [0.15, 0.2) is 0 Å². The molecular weight excluding hydrogens is 426 g/mol. The van der Waals surface area contributed by atoms with Gasteiger partial charge in [-0.1, -0.05) is 17.7 Å². The molecule has 0 aliphatic carbocycles. The van der Waals surface area contributed by atoms with E-state index in [2.05, 4.69) is 5.32 Å². The van der Waals surface area contributed by atoms with Gasteiger partial charge in [-0.15, -0.1) is 11.8 Å². The number of carbonyl (C=O) groups excluding carboxylic acids is 2. The molecule has 0 unspecified atom stereocenters. The van der Waals surface area contributed by atoms with Gasteiger partial charge in [0.2, 0.25) is 0 Å².